The van der Waals surface area contributed by atoms with Gasteiger partial charge in [-0.2, -0.15) is 0 Å². The number of aliphatic hydroxyl groups excluding tert-OH is 4. The van der Waals surface area contributed by atoms with Crippen molar-refractivity contribution in [1.29, 1.82) is 0 Å². The standard InChI is InChI=1S/C37H58O11/c1-17-13-20-28(32(5,6)43)48-37(47-20)27(17)34(8)24(45-18(2)38)14-36-16-35(36)12-11-23(46-29-26(41)25(40)19(39)15-44-29)31(3,4)21(35)9-10-22(36)33(34,7)30(37)42/h17,19-30,39-43H,9-16H2,1-8H3/t17-,19+,20-,21+,22+,23+,24-,25+,26-,27-,28?,29+,30-,33-,34-,35-,36+,37+/m1/s1. The normalized spacial score (nSPS) is 59.4. The van der Waals surface area contributed by atoms with E-state index in [1.54, 1.807) is 13.8 Å². The number of carbonyl (C=O) groups is 1. The Hall–Kier alpha value is -0.890. The lowest BCUT2D eigenvalue weighted by molar-refractivity contribution is -0.304. The summed E-state index contributed by atoms with van der Waals surface area (Å²) in [4.78, 5) is 12.9. The molecule has 3 saturated heterocycles. The van der Waals surface area contributed by atoms with Gasteiger partial charge in [0, 0.05) is 23.7 Å². The molecule has 3 spiro atoms. The first-order valence-corrected chi connectivity index (χ1v) is 18.5. The molecular formula is C37H58O11. The molecule has 0 aromatic rings. The van der Waals surface area contributed by atoms with Crippen LogP contribution >= 0.6 is 0 Å². The van der Waals surface area contributed by atoms with Gasteiger partial charge < -0.3 is 49.2 Å². The van der Waals surface area contributed by atoms with E-state index in [4.69, 9.17) is 23.7 Å². The average Bonchev–Trinajstić information content (AvgIpc) is 3.48. The van der Waals surface area contributed by atoms with Crippen LogP contribution < -0.4 is 0 Å². The summed E-state index contributed by atoms with van der Waals surface area (Å²) < 4.78 is 32.2. The molecule has 11 nitrogen and oxygen atoms in total. The number of hydrogen-bond donors (Lipinski definition) is 5. The SMILES string of the molecule is CC(=O)O[C@@H]1C[C@@]23C[C@@]24CC[C@H](O[C@@H]2OC[C@H](O)[C@H](O)[C@H]2O)C(C)(C)[C@@H]4CC[C@H]3[C@]2(C)[C@@H](O)[C@@]34OC(C(C)(C)O)[C@@H](C[C@@H](C)[C@@H]3[C@@]12C)O4. The van der Waals surface area contributed by atoms with E-state index in [2.05, 4.69) is 34.6 Å². The van der Waals surface area contributed by atoms with Gasteiger partial charge in [0.05, 0.1) is 24.4 Å². The van der Waals surface area contributed by atoms with Gasteiger partial charge in [-0.1, -0.05) is 34.6 Å². The fraction of sp³-hybridized carbons (Fsp3) is 0.973. The Bertz CT molecular complexity index is 1350. The van der Waals surface area contributed by atoms with Gasteiger partial charge in [-0.05, 0) is 92.8 Å². The monoisotopic (exact) mass is 678 g/mol. The summed E-state index contributed by atoms with van der Waals surface area (Å²) in [7, 11) is 0. The number of rotatable bonds is 4. The number of hydrogen-bond acceptors (Lipinski definition) is 11. The fourth-order valence-electron chi connectivity index (χ4n) is 14.3. The van der Waals surface area contributed by atoms with E-state index in [0.29, 0.717) is 6.42 Å². The van der Waals surface area contributed by atoms with E-state index in [0.717, 1.165) is 38.5 Å². The molecule has 3 aliphatic heterocycles. The van der Waals surface area contributed by atoms with Crippen LogP contribution in [0.2, 0.25) is 0 Å². The molecule has 8 aliphatic rings. The Morgan fingerprint density at radius 3 is 2.25 bits per heavy atom. The van der Waals surface area contributed by atoms with Crippen molar-refractivity contribution in [2.75, 3.05) is 6.61 Å². The van der Waals surface area contributed by atoms with Gasteiger partial charge in [-0.25, -0.2) is 0 Å². The zero-order valence-corrected chi connectivity index (χ0v) is 29.8. The second kappa shape index (κ2) is 10.2. The van der Waals surface area contributed by atoms with Crippen molar-refractivity contribution in [3.8, 4) is 0 Å². The molecule has 5 aliphatic carbocycles. The van der Waals surface area contributed by atoms with Crippen molar-refractivity contribution in [2.45, 2.75) is 167 Å². The van der Waals surface area contributed by atoms with Gasteiger partial charge in [-0.15, -0.1) is 0 Å². The first-order valence-electron chi connectivity index (χ1n) is 18.5. The molecule has 0 aromatic heterocycles. The Morgan fingerprint density at radius 1 is 0.896 bits per heavy atom. The Labute approximate surface area is 284 Å². The van der Waals surface area contributed by atoms with Crippen molar-refractivity contribution >= 4 is 5.97 Å². The third kappa shape index (κ3) is 3.90. The fourth-order valence-corrected chi connectivity index (χ4v) is 14.3. The van der Waals surface area contributed by atoms with E-state index in [-0.39, 0.29) is 64.7 Å². The molecule has 11 heteroatoms. The molecular weight excluding hydrogens is 620 g/mol. The zero-order valence-electron chi connectivity index (χ0n) is 29.8. The van der Waals surface area contributed by atoms with Crippen LogP contribution in [0.1, 0.15) is 100 Å². The maximum Gasteiger partial charge on any atom is 0.302 e. The summed E-state index contributed by atoms with van der Waals surface area (Å²) in [5.74, 6) is -1.33. The summed E-state index contributed by atoms with van der Waals surface area (Å²) in [6.07, 6.45) is -1.55. The Morgan fingerprint density at radius 2 is 1.58 bits per heavy atom. The number of aliphatic hydroxyl groups is 5. The molecule has 0 amide bonds. The van der Waals surface area contributed by atoms with Gasteiger partial charge in [0.1, 0.15) is 36.6 Å². The van der Waals surface area contributed by atoms with E-state index in [9.17, 15) is 30.3 Å². The van der Waals surface area contributed by atoms with Crippen LogP contribution in [-0.2, 0) is 28.5 Å². The maximum absolute atomic E-state index is 12.9. The molecule has 3 heterocycles. The minimum Gasteiger partial charge on any atom is -0.462 e. The van der Waals surface area contributed by atoms with Crippen molar-refractivity contribution in [1.82, 2.24) is 0 Å². The summed E-state index contributed by atoms with van der Waals surface area (Å²) in [6.45, 7) is 16.0. The van der Waals surface area contributed by atoms with Crippen molar-refractivity contribution < 1.29 is 54.0 Å². The Balaban J connectivity index is 1.16. The first kappa shape index (κ1) is 34.2. The van der Waals surface area contributed by atoms with Gasteiger partial charge in [0.25, 0.3) is 0 Å². The highest BCUT2D eigenvalue weighted by atomic mass is 16.8. The highest BCUT2D eigenvalue weighted by Gasteiger charge is 2.90. The van der Waals surface area contributed by atoms with Crippen LogP contribution in [0.4, 0.5) is 0 Å². The van der Waals surface area contributed by atoms with Crippen LogP contribution in [0.25, 0.3) is 0 Å². The molecule has 18 atom stereocenters. The molecule has 272 valence electrons. The van der Waals surface area contributed by atoms with Crippen LogP contribution in [0, 0.1) is 50.7 Å². The van der Waals surface area contributed by atoms with Crippen molar-refractivity contribution in [3.63, 3.8) is 0 Å². The lowest BCUT2D eigenvalue weighted by Crippen LogP contribution is -2.65. The van der Waals surface area contributed by atoms with Crippen LogP contribution in [-0.4, -0.2) is 105 Å². The molecule has 2 bridgehead atoms. The van der Waals surface area contributed by atoms with Crippen LogP contribution in [0.3, 0.4) is 0 Å². The second-order valence-corrected chi connectivity index (χ2v) is 18.9. The zero-order chi connectivity index (χ0) is 34.8. The maximum atomic E-state index is 12.9. The number of esters is 1. The predicted octanol–water partition coefficient (Wildman–Crippen LogP) is 2.66. The summed E-state index contributed by atoms with van der Waals surface area (Å²) >= 11 is 0. The third-order valence-corrected chi connectivity index (χ3v) is 16.2. The van der Waals surface area contributed by atoms with Crippen molar-refractivity contribution in [2.24, 2.45) is 50.7 Å². The second-order valence-electron chi connectivity index (χ2n) is 18.9. The van der Waals surface area contributed by atoms with Crippen LogP contribution in [0.5, 0.6) is 0 Å². The quantitative estimate of drug-likeness (QED) is 0.219. The van der Waals surface area contributed by atoms with Gasteiger partial charge in [-0.3, -0.25) is 4.79 Å². The van der Waals surface area contributed by atoms with Gasteiger partial charge in [0.15, 0.2) is 12.1 Å². The highest BCUT2D eigenvalue weighted by molar-refractivity contribution is 5.66. The predicted molar refractivity (Wildman–Crippen MR) is 170 cm³/mol. The minimum atomic E-state index is -1.34. The summed E-state index contributed by atoms with van der Waals surface area (Å²) in [6, 6.07) is 0. The highest BCUT2D eigenvalue weighted by Crippen LogP contribution is 2.90. The molecule has 1 unspecified atom stereocenters. The summed E-state index contributed by atoms with van der Waals surface area (Å²) in [5, 5.41) is 55.0. The van der Waals surface area contributed by atoms with Gasteiger partial charge >= 0.3 is 5.97 Å². The largest absolute Gasteiger partial charge is 0.462 e. The number of fused-ring (bicyclic) bond motifs is 4. The lowest BCUT2D eigenvalue weighted by Gasteiger charge is -2.65. The molecule has 48 heavy (non-hydrogen) atoms. The molecule has 0 aromatic carbocycles. The average molecular weight is 679 g/mol. The van der Waals surface area contributed by atoms with E-state index in [1.165, 1.54) is 6.92 Å². The topological polar surface area (TPSA) is 164 Å². The van der Waals surface area contributed by atoms with E-state index >= 15 is 0 Å². The smallest absolute Gasteiger partial charge is 0.302 e. The van der Waals surface area contributed by atoms with E-state index in [1.807, 2.05) is 0 Å². The minimum absolute atomic E-state index is 0.0317. The number of ether oxygens (including phenoxy) is 5. The lowest BCUT2D eigenvalue weighted by atomic mass is 9.40. The molecule has 0 radical (unpaired) electrons. The molecule has 5 saturated carbocycles. The molecule has 8 rings (SSSR count). The third-order valence-electron chi connectivity index (χ3n) is 16.2. The van der Waals surface area contributed by atoms with E-state index < -0.39 is 65.1 Å². The van der Waals surface area contributed by atoms with Crippen molar-refractivity contribution in [3.05, 3.63) is 0 Å². The molecule has 8 fully saturated rings. The first-order chi connectivity index (χ1) is 22.2. The molecule has 5 N–H and O–H groups in total. The Kier molecular flexibility index (Phi) is 7.24. The van der Waals surface area contributed by atoms with Crippen LogP contribution in [0.15, 0.2) is 0 Å². The van der Waals surface area contributed by atoms with Gasteiger partial charge in [0.2, 0.25) is 0 Å². The number of carbonyl (C=O) groups excluding carboxylic acids is 1. The summed E-state index contributed by atoms with van der Waals surface area (Å²) in [5.41, 5.74) is -2.98.